The highest BCUT2D eigenvalue weighted by Gasteiger charge is 2.29. The molecule has 2 nitrogen and oxygen atoms in total. The third kappa shape index (κ3) is 4.55. The normalized spacial score (nSPS) is 23.7. The molecule has 0 spiro atoms. The molecule has 21 heavy (non-hydrogen) atoms. The second-order valence-corrected chi connectivity index (χ2v) is 6.80. The maximum Gasteiger partial charge on any atom is 0.0247 e. The first-order chi connectivity index (χ1) is 10.1. The third-order valence-corrected chi connectivity index (χ3v) is 4.76. The molecule has 1 N–H and O–H groups in total. The van der Waals surface area contributed by atoms with Crippen LogP contribution >= 0.6 is 0 Å². The van der Waals surface area contributed by atoms with E-state index in [1.165, 1.54) is 30.5 Å². The molecule has 1 heterocycles. The zero-order chi connectivity index (χ0) is 15.2. The Morgan fingerprint density at radius 1 is 1.14 bits per heavy atom. The van der Waals surface area contributed by atoms with E-state index in [4.69, 9.17) is 0 Å². The second-order valence-electron chi connectivity index (χ2n) is 6.80. The van der Waals surface area contributed by atoms with Crippen LogP contribution in [0.3, 0.4) is 0 Å². The standard InChI is InChI=1S/C19H32N2/c1-5-7-18-14-21(19(12-20-18)15(3)4)13-17-10-8-16(6-2)9-11-17/h8-11,15,18-20H,5-7,12-14H2,1-4H3. The van der Waals surface area contributed by atoms with Crippen LogP contribution in [-0.2, 0) is 13.0 Å². The summed E-state index contributed by atoms with van der Waals surface area (Å²) in [4.78, 5) is 2.70. The van der Waals surface area contributed by atoms with Crippen molar-refractivity contribution in [2.45, 2.75) is 65.6 Å². The molecule has 1 aliphatic rings. The molecule has 1 aromatic rings. The molecule has 0 aromatic heterocycles. The minimum atomic E-state index is 0.656. The maximum atomic E-state index is 3.74. The van der Waals surface area contributed by atoms with Gasteiger partial charge < -0.3 is 5.32 Å². The maximum absolute atomic E-state index is 3.74. The van der Waals surface area contributed by atoms with Crippen LogP contribution in [-0.4, -0.2) is 30.1 Å². The van der Waals surface area contributed by atoms with Crippen molar-refractivity contribution in [1.82, 2.24) is 10.2 Å². The lowest BCUT2D eigenvalue weighted by molar-refractivity contribution is 0.0885. The molecule has 118 valence electrons. The average Bonchev–Trinajstić information content (AvgIpc) is 2.48. The fourth-order valence-electron chi connectivity index (χ4n) is 3.40. The number of hydrogen-bond donors (Lipinski definition) is 1. The fraction of sp³-hybridized carbons (Fsp3) is 0.684. The lowest BCUT2D eigenvalue weighted by Crippen LogP contribution is -2.57. The summed E-state index contributed by atoms with van der Waals surface area (Å²) in [5.74, 6) is 0.704. The van der Waals surface area contributed by atoms with E-state index < -0.39 is 0 Å². The fourth-order valence-corrected chi connectivity index (χ4v) is 3.40. The van der Waals surface area contributed by atoms with Gasteiger partial charge in [0.2, 0.25) is 0 Å². The van der Waals surface area contributed by atoms with Crippen LogP contribution < -0.4 is 5.32 Å². The van der Waals surface area contributed by atoms with Crippen molar-refractivity contribution >= 4 is 0 Å². The van der Waals surface area contributed by atoms with Gasteiger partial charge in [0.1, 0.15) is 0 Å². The Bertz CT molecular complexity index is 410. The van der Waals surface area contributed by atoms with E-state index in [0.29, 0.717) is 18.0 Å². The highest BCUT2D eigenvalue weighted by molar-refractivity contribution is 5.22. The molecule has 1 aromatic carbocycles. The summed E-state index contributed by atoms with van der Waals surface area (Å²) >= 11 is 0. The summed E-state index contributed by atoms with van der Waals surface area (Å²) in [6, 6.07) is 10.5. The number of nitrogens with one attached hydrogen (secondary N) is 1. The van der Waals surface area contributed by atoms with Gasteiger partial charge in [-0.3, -0.25) is 4.90 Å². The molecular formula is C19H32N2. The van der Waals surface area contributed by atoms with Gasteiger partial charge in [-0.25, -0.2) is 0 Å². The van der Waals surface area contributed by atoms with Crippen LogP contribution in [0.2, 0.25) is 0 Å². The van der Waals surface area contributed by atoms with E-state index in [1.54, 1.807) is 0 Å². The van der Waals surface area contributed by atoms with Crippen LogP contribution in [0.25, 0.3) is 0 Å². The van der Waals surface area contributed by atoms with Gasteiger partial charge in [0.15, 0.2) is 0 Å². The van der Waals surface area contributed by atoms with Gasteiger partial charge in [0.25, 0.3) is 0 Å². The van der Waals surface area contributed by atoms with Crippen molar-refractivity contribution in [3.05, 3.63) is 35.4 Å². The van der Waals surface area contributed by atoms with E-state index in [9.17, 15) is 0 Å². The number of piperazine rings is 1. The highest BCUT2D eigenvalue weighted by atomic mass is 15.2. The summed E-state index contributed by atoms with van der Waals surface area (Å²) < 4.78 is 0. The van der Waals surface area contributed by atoms with Gasteiger partial charge in [-0.05, 0) is 29.9 Å². The molecule has 2 atom stereocenters. The van der Waals surface area contributed by atoms with Crippen LogP contribution in [0.1, 0.15) is 51.7 Å². The lowest BCUT2D eigenvalue weighted by Gasteiger charge is -2.42. The summed E-state index contributed by atoms with van der Waals surface area (Å²) in [5, 5.41) is 3.74. The summed E-state index contributed by atoms with van der Waals surface area (Å²) in [7, 11) is 0. The zero-order valence-electron chi connectivity index (χ0n) is 14.2. The van der Waals surface area contributed by atoms with E-state index in [0.717, 1.165) is 19.5 Å². The number of nitrogens with zero attached hydrogens (tertiary/aromatic N) is 1. The van der Waals surface area contributed by atoms with Gasteiger partial charge in [0.05, 0.1) is 0 Å². The topological polar surface area (TPSA) is 15.3 Å². The zero-order valence-corrected chi connectivity index (χ0v) is 14.2. The predicted molar refractivity (Wildman–Crippen MR) is 91.6 cm³/mol. The average molecular weight is 288 g/mol. The van der Waals surface area contributed by atoms with Crippen LogP contribution in [0.5, 0.6) is 0 Å². The Kier molecular flexibility index (Phi) is 6.25. The molecule has 2 unspecified atom stereocenters. The smallest absolute Gasteiger partial charge is 0.0247 e. The molecule has 0 amide bonds. The first kappa shape index (κ1) is 16.5. The number of aryl methyl sites for hydroxylation is 1. The van der Waals surface area contributed by atoms with Crippen LogP contribution in [0.15, 0.2) is 24.3 Å². The van der Waals surface area contributed by atoms with E-state index >= 15 is 0 Å². The molecule has 1 aliphatic heterocycles. The Morgan fingerprint density at radius 2 is 1.81 bits per heavy atom. The molecule has 1 fully saturated rings. The van der Waals surface area contributed by atoms with Crippen LogP contribution in [0, 0.1) is 5.92 Å². The Hall–Kier alpha value is -0.860. The van der Waals surface area contributed by atoms with E-state index in [1.807, 2.05) is 0 Å². The second kappa shape index (κ2) is 7.95. The summed E-state index contributed by atoms with van der Waals surface area (Å²) in [6.45, 7) is 12.6. The molecular weight excluding hydrogens is 256 g/mol. The van der Waals surface area contributed by atoms with Gasteiger partial charge >= 0.3 is 0 Å². The van der Waals surface area contributed by atoms with Gasteiger partial charge in [-0.2, -0.15) is 0 Å². The first-order valence-corrected chi connectivity index (χ1v) is 8.69. The van der Waals surface area contributed by atoms with E-state index in [2.05, 4.69) is 62.2 Å². The number of benzene rings is 1. The van der Waals surface area contributed by atoms with Crippen molar-refractivity contribution in [2.75, 3.05) is 13.1 Å². The Balaban J connectivity index is 2.04. The molecule has 2 rings (SSSR count). The SMILES string of the molecule is CCCC1CN(Cc2ccc(CC)cc2)C(C(C)C)CN1. The molecule has 0 bridgehead atoms. The van der Waals surface area contributed by atoms with Crippen LogP contribution in [0.4, 0.5) is 0 Å². The molecule has 0 aliphatic carbocycles. The first-order valence-electron chi connectivity index (χ1n) is 8.69. The number of rotatable bonds is 6. The summed E-state index contributed by atoms with van der Waals surface area (Å²) in [5.41, 5.74) is 2.89. The molecule has 0 radical (unpaired) electrons. The Morgan fingerprint density at radius 3 is 2.38 bits per heavy atom. The molecule has 1 saturated heterocycles. The Labute approximate surface area is 130 Å². The van der Waals surface area contributed by atoms with Crippen molar-refractivity contribution in [1.29, 1.82) is 0 Å². The lowest BCUT2D eigenvalue weighted by atomic mass is 9.96. The van der Waals surface area contributed by atoms with Crippen molar-refractivity contribution in [2.24, 2.45) is 5.92 Å². The predicted octanol–water partition coefficient (Wildman–Crippen LogP) is 3.85. The van der Waals surface area contributed by atoms with Gasteiger partial charge in [-0.15, -0.1) is 0 Å². The molecule has 0 saturated carbocycles. The summed E-state index contributed by atoms with van der Waals surface area (Å²) in [6.07, 6.45) is 3.68. The molecule has 2 heteroatoms. The quantitative estimate of drug-likeness (QED) is 0.855. The van der Waals surface area contributed by atoms with Crippen molar-refractivity contribution in [3.8, 4) is 0 Å². The minimum absolute atomic E-state index is 0.656. The largest absolute Gasteiger partial charge is 0.311 e. The number of hydrogen-bond acceptors (Lipinski definition) is 2. The van der Waals surface area contributed by atoms with Gasteiger partial charge in [-0.1, -0.05) is 58.4 Å². The monoisotopic (exact) mass is 288 g/mol. The van der Waals surface area contributed by atoms with Crippen molar-refractivity contribution in [3.63, 3.8) is 0 Å². The highest BCUT2D eigenvalue weighted by Crippen LogP contribution is 2.20. The third-order valence-electron chi connectivity index (χ3n) is 4.76. The minimum Gasteiger partial charge on any atom is -0.311 e. The van der Waals surface area contributed by atoms with Gasteiger partial charge in [0, 0.05) is 31.7 Å². The van der Waals surface area contributed by atoms with E-state index in [-0.39, 0.29) is 0 Å². The van der Waals surface area contributed by atoms with Crippen molar-refractivity contribution < 1.29 is 0 Å².